The van der Waals surface area contributed by atoms with Crippen LogP contribution in [0, 0.1) is 31.6 Å². The molecule has 4 aliphatic rings. The molecule has 0 unspecified atom stereocenters. The fourth-order valence-corrected chi connectivity index (χ4v) is 8.28. The highest BCUT2D eigenvalue weighted by Gasteiger charge is 2.54. The van der Waals surface area contributed by atoms with Gasteiger partial charge < -0.3 is 5.32 Å². The predicted molar refractivity (Wildman–Crippen MR) is 154 cm³/mol. The zero-order valence-corrected chi connectivity index (χ0v) is 23.3. The number of nitrogens with one attached hydrogen (secondary N) is 1. The van der Waals surface area contributed by atoms with Crippen LogP contribution in [-0.2, 0) is 12.0 Å². The first-order valence-electron chi connectivity index (χ1n) is 14.1. The Labute approximate surface area is 234 Å². The summed E-state index contributed by atoms with van der Waals surface area (Å²) in [5, 5.41) is 13.9. The second-order valence-electron chi connectivity index (χ2n) is 12.2. The van der Waals surface area contributed by atoms with Crippen LogP contribution in [0.2, 0.25) is 5.02 Å². The van der Waals surface area contributed by atoms with E-state index in [1.165, 1.54) is 19.3 Å². The normalized spacial score (nSPS) is 25.3. The fraction of sp³-hybridized carbons (Fsp3) is 0.406. The van der Waals surface area contributed by atoms with Gasteiger partial charge in [0.25, 0.3) is 5.91 Å². The molecule has 0 saturated heterocycles. The van der Waals surface area contributed by atoms with E-state index in [9.17, 15) is 4.79 Å². The van der Waals surface area contributed by atoms with Crippen LogP contribution < -0.4 is 5.32 Å². The Morgan fingerprint density at radius 3 is 2.33 bits per heavy atom. The third-order valence-electron chi connectivity index (χ3n) is 9.36. The van der Waals surface area contributed by atoms with Gasteiger partial charge in [0.2, 0.25) is 0 Å². The summed E-state index contributed by atoms with van der Waals surface area (Å²) in [6.07, 6.45) is 9.46. The summed E-state index contributed by atoms with van der Waals surface area (Å²) in [5.74, 6) is 2.20. The lowest BCUT2D eigenvalue weighted by atomic mass is 9.48. The van der Waals surface area contributed by atoms with Crippen molar-refractivity contribution in [1.82, 2.24) is 19.6 Å². The summed E-state index contributed by atoms with van der Waals surface area (Å²) in [4.78, 5) is 14.1. The van der Waals surface area contributed by atoms with E-state index >= 15 is 0 Å². The average molecular weight is 540 g/mol. The van der Waals surface area contributed by atoms with Crippen molar-refractivity contribution in [3.05, 3.63) is 94.0 Å². The molecule has 39 heavy (non-hydrogen) atoms. The van der Waals surface area contributed by atoms with Gasteiger partial charge in [0.1, 0.15) is 0 Å². The number of amides is 1. The van der Waals surface area contributed by atoms with Crippen LogP contribution in [0.4, 0.5) is 5.69 Å². The van der Waals surface area contributed by atoms with E-state index in [0.717, 1.165) is 71.0 Å². The maximum Gasteiger partial charge on any atom is 0.259 e. The van der Waals surface area contributed by atoms with Crippen molar-refractivity contribution < 1.29 is 4.79 Å². The smallest absolute Gasteiger partial charge is 0.259 e. The van der Waals surface area contributed by atoms with Gasteiger partial charge in [-0.1, -0.05) is 41.9 Å². The predicted octanol–water partition coefficient (Wildman–Crippen LogP) is 7.11. The lowest BCUT2D eigenvalue weighted by Gasteiger charge is -2.56. The summed E-state index contributed by atoms with van der Waals surface area (Å²) in [6.45, 7) is 4.55. The van der Waals surface area contributed by atoms with Gasteiger partial charge in [0.15, 0.2) is 0 Å². The van der Waals surface area contributed by atoms with E-state index in [0.29, 0.717) is 17.1 Å². The summed E-state index contributed by atoms with van der Waals surface area (Å²) in [6, 6.07) is 17.9. The molecule has 2 aromatic heterocycles. The first kappa shape index (κ1) is 24.6. The van der Waals surface area contributed by atoms with Crippen molar-refractivity contribution in [1.29, 1.82) is 0 Å². The van der Waals surface area contributed by atoms with Gasteiger partial charge in [0, 0.05) is 16.6 Å². The van der Waals surface area contributed by atoms with Crippen LogP contribution in [0.5, 0.6) is 0 Å². The molecule has 2 heterocycles. The number of nitrogens with zero attached hydrogens (tertiary/aromatic N) is 4. The molecular formula is C32H34ClN5O. The SMILES string of the molecule is Cc1nn(Cc2cccc(Cl)c2)c(C)c1NC(=O)c1cn(-c2ccccc2)nc1C12CC3CC(CC(C3)C1)C2. The van der Waals surface area contributed by atoms with Gasteiger partial charge in [-0.15, -0.1) is 0 Å². The van der Waals surface area contributed by atoms with E-state index < -0.39 is 0 Å². The molecule has 4 bridgehead atoms. The van der Waals surface area contributed by atoms with Crippen molar-refractivity contribution >= 4 is 23.2 Å². The Kier molecular flexibility index (Phi) is 5.92. The summed E-state index contributed by atoms with van der Waals surface area (Å²) in [7, 11) is 0. The Morgan fingerprint density at radius 2 is 1.67 bits per heavy atom. The number of carbonyl (C=O) groups excluding carboxylic acids is 1. The molecule has 6 nitrogen and oxygen atoms in total. The third-order valence-corrected chi connectivity index (χ3v) is 9.60. The number of anilines is 1. The Bertz CT molecular complexity index is 1520. The Hall–Kier alpha value is -3.38. The number of aryl methyl sites for hydroxylation is 1. The van der Waals surface area contributed by atoms with E-state index in [2.05, 4.69) is 5.32 Å². The van der Waals surface area contributed by atoms with E-state index in [4.69, 9.17) is 21.8 Å². The summed E-state index contributed by atoms with van der Waals surface area (Å²) in [5.41, 5.74) is 6.23. The van der Waals surface area contributed by atoms with Crippen molar-refractivity contribution in [3.8, 4) is 5.69 Å². The monoisotopic (exact) mass is 539 g/mol. The molecule has 8 rings (SSSR count). The number of aromatic nitrogens is 4. The minimum Gasteiger partial charge on any atom is -0.319 e. The molecule has 0 aliphatic heterocycles. The molecule has 4 aliphatic carbocycles. The molecular weight excluding hydrogens is 506 g/mol. The molecule has 200 valence electrons. The minimum atomic E-state index is -0.101. The molecule has 0 radical (unpaired) electrons. The van der Waals surface area contributed by atoms with Crippen molar-refractivity contribution in [2.45, 2.75) is 64.3 Å². The minimum absolute atomic E-state index is 0.00228. The maximum atomic E-state index is 14.1. The first-order valence-corrected chi connectivity index (χ1v) is 14.5. The first-order chi connectivity index (χ1) is 18.9. The van der Waals surface area contributed by atoms with E-state index in [1.807, 2.05) is 84.0 Å². The number of carbonyl (C=O) groups is 1. The highest BCUT2D eigenvalue weighted by Crippen LogP contribution is 2.61. The molecule has 4 aromatic rings. The molecule has 1 amide bonds. The number of para-hydroxylation sites is 1. The zero-order valence-electron chi connectivity index (χ0n) is 22.5. The summed E-state index contributed by atoms with van der Waals surface area (Å²) >= 11 is 6.20. The summed E-state index contributed by atoms with van der Waals surface area (Å²) < 4.78 is 3.84. The van der Waals surface area contributed by atoms with Crippen LogP contribution in [-0.4, -0.2) is 25.5 Å². The number of benzene rings is 2. The molecule has 2 aromatic carbocycles. The second kappa shape index (κ2) is 9.37. The largest absolute Gasteiger partial charge is 0.319 e. The van der Waals surface area contributed by atoms with Gasteiger partial charge in [-0.2, -0.15) is 10.2 Å². The van der Waals surface area contributed by atoms with Gasteiger partial charge in [-0.05, 0) is 100.0 Å². The molecule has 7 heteroatoms. The standard InChI is InChI=1S/C32H34ClN5O/c1-20-29(21(2)37(35-20)18-22-7-6-8-26(33)14-22)34-31(39)28-19-38(27-9-4-3-5-10-27)36-30(28)32-15-23-11-24(16-32)13-25(12-23)17-32/h3-10,14,19,23-25H,11-13,15-18H2,1-2H3,(H,34,39). The van der Waals surface area contributed by atoms with Gasteiger partial charge in [0.05, 0.1) is 40.6 Å². The van der Waals surface area contributed by atoms with Crippen LogP contribution in [0.15, 0.2) is 60.8 Å². The highest BCUT2D eigenvalue weighted by molar-refractivity contribution is 6.30. The molecule has 0 spiro atoms. The highest BCUT2D eigenvalue weighted by atomic mass is 35.5. The van der Waals surface area contributed by atoms with Gasteiger partial charge >= 0.3 is 0 Å². The number of rotatable bonds is 6. The van der Waals surface area contributed by atoms with Gasteiger partial charge in [-0.25, -0.2) is 4.68 Å². The van der Waals surface area contributed by atoms with Crippen LogP contribution in [0.25, 0.3) is 5.69 Å². The van der Waals surface area contributed by atoms with Crippen molar-refractivity contribution in [2.75, 3.05) is 5.32 Å². The fourth-order valence-electron chi connectivity index (χ4n) is 8.07. The molecule has 1 N–H and O–H groups in total. The van der Waals surface area contributed by atoms with Crippen molar-refractivity contribution in [2.24, 2.45) is 17.8 Å². The van der Waals surface area contributed by atoms with Crippen LogP contribution in [0.1, 0.15) is 71.5 Å². The molecule has 4 fully saturated rings. The quantitative estimate of drug-likeness (QED) is 0.284. The van der Waals surface area contributed by atoms with E-state index in [1.54, 1.807) is 0 Å². The average Bonchev–Trinajstić information content (AvgIpc) is 3.47. The van der Waals surface area contributed by atoms with Crippen LogP contribution >= 0.6 is 11.6 Å². The van der Waals surface area contributed by atoms with Crippen molar-refractivity contribution in [3.63, 3.8) is 0 Å². The number of hydrogen-bond acceptors (Lipinski definition) is 3. The number of halogens is 1. The van der Waals surface area contributed by atoms with Crippen LogP contribution in [0.3, 0.4) is 0 Å². The Morgan fingerprint density at radius 1 is 0.974 bits per heavy atom. The third kappa shape index (κ3) is 4.39. The number of hydrogen-bond donors (Lipinski definition) is 1. The lowest BCUT2D eigenvalue weighted by molar-refractivity contribution is -0.00765. The van der Waals surface area contributed by atoms with Gasteiger partial charge in [-0.3, -0.25) is 9.48 Å². The topological polar surface area (TPSA) is 64.7 Å². The second-order valence-corrected chi connectivity index (χ2v) is 12.6. The molecule has 4 saturated carbocycles. The molecule has 0 atom stereocenters. The van der Waals surface area contributed by atoms with E-state index in [-0.39, 0.29) is 11.3 Å². The lowest BCUT2D eigenvalue weighted by Crippen LogP contribution is -2.49. The zero-order chi connectivity index (χ0) is 26.7. The Balaban J connectivity index is 1.24. The maximum absolute atomic E-state index is 14.1.